The van der Waals surface area contributed by atoms with E-state index < -0.39 is 0 Å². The second-order valence-electron chi connectivity index (χ2n) is 8.88. The monoisotopic (exact) mass is 456 g/mol. The number of ether oxygens (including phenoxy) is 1. The van der Waals surface area contributed by atoms with E-state index in [-0.39, 0.29) is 24.7 Å². The van der Waals surface area contributed by atoms with E-state index in [0.29, 0.717) is 34.0 Å². The molecule has 8 heteroatoms. The van der Waals surface area contributed by atoms with Crippen LogP contribution in [0.1, 0.15) is 73.5 Å². The van der Waals surface area contributed by atoms with Gasteiger partial charge >= 0.3 is 0 Å². The van der Waals surface area contributed by atoms with E-state index in [2.05, 4.69) is 14.9 Å². The molecule has 2 aromatic rings. The highest BCUT2D eigenvalue weighted by molar-refractivity contribution is 6.31. The Balaban J connectivity index is 1.24. The van der Waals surface area contributed by atoms with Gasteiger partial charge in [-0.1, -0.05) is 11.6 Å². The van der Waals surface area contributed by atoms with Crippen molar-refractivity contribution < 1.29 is 14.6 Å². The maximum atomic E-state index is 12.7. The molecule has 0 bridgehead atoms. The molecular formula is C24H29ClN4O3. The van der Waals surface area contributed by atoms with Crippen LogP contribution in [0.5, 0.6) is 5.75 Å². The average molecular weight is 457 g/mol. The highest BCUT2D eigenvalue weighted by atomic mass is 35.5. The molecule has 1 aromatic carbocycles. The summed E-state index contributed by atoms with van der Waals surface area (Å²) in [5.41, 5.74) is 0.894. The van der Waals surface area contributed by atoms with Crippen LogP contribution in [0.2, 0.25) is 5.02 Å². The zero-order valence-corrected chi connectivity index (χ0v) is 18.8. The lowest BCUT2D eigenvalue weighted by molar-refractivity contribution is 0.0889. The van der Waals surface area contributed by atoms with Crippen molar-refractivity contribution in [3.05, 3.63) is 47.0 Å². The van der Waals surface area contributed by atoms with Gasteiger partial charge in [-0.25, -0.2) is 4.98 Å². The van der Waals surface area contributed by atoms with Crippen LogP contribution in [-0.2, 0) is 0 Å². The second kappa shape index (κ2) is 10.4. The standard InChI is InChI=1S/C24H29ClN4O3/c25-22-11-21(8-3-17(22)12-26)32-20-9-4-18(5-10-20)28-24(31)23-13-29(15-27-23)19-6-1-16(14-30)2-7-19/h3,8,11,13,15-16,18-20,30H,1-2,4-7,9-10,14H2,(H,28,31). The number of aromatic nitrogens is 2. The number of benzene rings is 1. The lowest BCUT2D eigenvalue weighted by Gasteiger charge is -2.29. The van der Waals surface area contributed by atoms with Gasteiger partial charge in [-0.3, -0.25) is 4.79 Å². The van der Waals surface area contributed by atoms with Crippen LogP contribution < -0.4 is 10.1 Å². The van der Waals surface area contributed by atoms with Crippen molar-refractivity contribution in [2.24, 2.45) is 5.92 Å². The number of nitrogens with zero attached hydrogens (tertiary/aromatic N) is 3. The number of aliphatic hydroxyl groups is 1. The predicted molar refractivity (Wildman–Crippen MR) is 121 cm³/mol. The van der Waals surface area contributed by atoms with E-state index in [9.17, 15) is 9.90 Å². The Morgan fingerprint density at radius 2 is 1.97 bits per heavy atom. The van der Waals surface area contributed by atoms with Crippen LogP contribution in [0, 0.1) is 17.2 Å². The maximum Gasteiger partial charge on any atom is 0.271 e. The van der Waals surface area contributed by atoms with Gasteiger partial charge in [0, 0.05) is 31.0 Å². The summed E-state index contributed by atoms with van der Waals surface area (Å²) < 4.78 is 8.07. The number of nitriles is 1. The van der Waals surface area contributed by atoms with E-state index in [4.69, 9.17) is 21.6 Å². The lowest BCUT2D eigenvalue weighted by Crippen LogP contribution is -2.39. The predicted octanol–water partition coefficient (Wildman–Crippen LogP) is 4.25. The molecule has 2 N–H and O–H groups in total. The quantitative estimate of drug-likeness (QED) is 0.676. The third-order valence-electron chi connectivity index (χ3n) is 6.70. The van der Waals surface area contributed by atoms with E-state index in [1.165, 1.54) is 0 Å². The summed E-state index contributed by atoms with van der Waals surface area (Å²) in [7, 11) is 0. The number of nitrogens with one attached hydrogen (secondary N) is 1. The molecule has 4 rings (SSSR count). The normalized spacial score (nSPS) is 25.7. The molecule has 1 amide bonds. The summed E-state index contributed by atoms with van der Waals surface area (Å²) in [6.07, 6.45) is 11.1. The number of carbonyl (C=O) groups excluding carboxylic acids is 1. The molecule has 32 heavy (non-hydrogen) atoms. The molecule has 2 fully saturated rings. The summed E-state index contributed by atoms with van der Waals surface area (Å²) in [4.78, 5) is 17.0. The number of rotatable bonds is 6. The van der Waals surface area contributed by atoms with Crippen molar-refractivity contribution in [1.82, 2.24) is 14.9 Å². The molecule has 0 spiro atoms. The number of hydrogen-bond acceptors (Lipinski definition) is 5. The number of hydrogen-bond donors (Lipinski definition) is 2. The van der Waals surface area contributed by atoms with Crippen molar-refractivity contribution in [3.63, 3.8) is 0 Å². The van der Waals surface area contributed by atoms with Gasteiger partial charge in [0.25, 0.3) is 5.91 Å². The Morgan fingerprint density at radius 1 is 1.22 bits per heavy atom. The van der Waals surface area contributed by atoms with Crippen molar-refractivity contribution in [2.45, 2.75) is 69.6 Å². The molecule has 2 saturated carbocycles. The van der Waals surface area contributed by atoms with Crippen LogP contribution in [0.3, 0.4) is 0 Å². The summed E-state index contributed by atoms with van der Waals surface area (Å²) in [5, 5.41) is 21.8. The van der Waals surface area contributed by atoms with Crippen LogP contribution in [0.25, 0.3) is 0 Å². The topological polar surface area (TPSA) is 100 Å². The molecule has 0 atom stereocenters. The van der Waals surface area contributed by atoms with Crippen LogP contribution >= 0.6 is 11.6 Å². The molecule has 1 aromatic heterocycles. The molecule has 2 aliphatic carbocycles. The second-order valence-corrected chi connectivity index (χ2v) is 9.29. The minimum Gasteiger partial charge on any atom is -0.490 e. The van der Waals surface area contributed by atoms with E-state index in [1.54, 1.807) is 24.5 Å². The first kappa shape index (κ1) is 22.6. The van der Waals surface area contributed by atoms with E-state index in [1.807, 2.05) is 12.3 Å². The van der Waals surface area contributed by atoms with Crippen molar-refractivity contribution in [3.8, 4) is 11.8 Å². The molecular weight excluding hydrogens is 428 g/mol. The van der Waals surface area contributed by atoms with Crippen LogP contribution in [-0.4, -0.2) is 39.3 Å². The van der Waals surface area contributed by atoms with Crippen molar-refractivity contribution in [2.75, 3.05) is 6.61 Å². The zero-order chi connectivity index (χ0) is 22.5. The van der Waals surface area contributed by atoms with Crippen LogP contribution in [0.4, 0.5) is 0 Å². The molecule has 0 saturated heterocycles. The maximum absolute atomic E-state index is 12.7. The smallest absolute Gasteiger partial charge is 0.271 e. The Bertz CT molecular complexity index is 970. The summed E-state index contributed by atoms with van der Waals surface area (Å²) >= 11 is 6.08. The molecule has 0 unspecified atom stereocenters. The van der Waals surface area contributed by atoms with Gasteiger partial charge in [0.1, 0.15) is 17.5 Å². The summed E-state index contributed by atoms with van der Waals surface area (Å²) in [6.45, 7) is 0.263. The summed E-state index contributed by atoms with van der Waals surface area (Å²) in [6, 6.07) is 7.63. The van der Waals surface area contributed by atoms with Gasteiger partial charge < -0.3 is 19.7 Å². The van der Waals surface area contributed by atoms with Crippen molar-refractivity contribution >= 4 is 17.5 Å². The fourth-order valence-electron chi connectivity index (χ4n) is 4.72. The highest BCUT2D eigenvalue weighted by Gasteiger charge is 2.26. The number of imidazole rings is 1. The first-order chi connectivity index (χ1) is 15.6. The minimum absolute atomic E-state index is 0.0698. The third kappa shape index (κ3) is 5.43. The average Bonchev–Trinajstić information content (AvgIpc) is 3.31. The molecule has 7 nitrogen and oxygen atoms in total. The molecule has 0 aliphatic heterocycles. The van der Waals surface area contributed by atoms with Gasteiger partial charge in [-0.2, -0.15) is 5.26 Å². The zero-order valence-electron chi connectivity index (χ0n) is 18.0. The Kier molecular flexibility index (Phi) is 7.33. The van der Waals surface area contributed by atoms with E-state index >= 15 is 0 Å². The fourth-order valence-corrected chi connectivity index (χ4v) is 4.93. The SMILES string of the molecule is N#Cc1ccc(OC2CCC(NC(=O)c3cn(C4CCC(CO)CC4)cn3)CC2)cc1Cl. The van der Waals surface area contributed by atoms with Crippen LogP contribution in [0.15, 0.2) is 30.7 Å². The largest absolute Gasteiger partial charge is 0.490 e. The molecule has 1 heterocycles. The lowest BCUT2D eigenvalue weighted by atomic mass is 9.86. The third-order valence-corrected chi connectivity index (χ3v) is 7.02. The van der Waals surface area contributed by atoms with Crippen molar-refractivity contribution in [1.29, 1.82) is 5.26 Å². The molecule has 0 radical (unpaired) electrons. The first-order valence-electron chi connectivity index (χ1n) is 11.4. The fraction of sp³-hybridized carbons (Fsp3) is 0.542. The van der Waals surface area contributed by atoms with Gasteiger partial charge in [0.2, 0.25) is 0 Å². The number of aliphatic hydroxyl groups excluding tert-OH is 1. The highest BCUT2D eigenvalue weighted by Crippen LogP contribution is 2.32. The first-order valence-corrected chi connectivity index (χ1v) is 11.7. The van der Waals surface area contributed by atoms with Gasteiger partial charge in [0.05, 0.1) is 23.0 Å². The number of halogens is 1. The molecule has 170 valence electrons. The summed E-state index contributed by atoms with van der Waals surface area (Å²) in [5.74, 6) is 0.946. The minimum atomic E-state index is -0.129. The van der Waals surface area contributed by atoms with E-state index in [0.717, 1.165) is 51.4 Å². The van der Waals surface area contributed by atoms with Gasteiger partial charge in [-0.05, 0) is 69.4 Å². The van der Waals surface area contributed by atoms with Gasteiger partial charge in [0.15, 0.2) is 0 Å². The number of amides is 1. The Hall–Kier alpha value is -2.56. The Labute approximate surface area is 193 Å². The Morgan fingerprint density at radius 3 is 2.62 bits per heavy atom. The molecule has 2 aliphatic rings. The number of carbonyl (C=O) groups is 1. The van der Waals surface area contributed by atoms with Gasteiger partial charge in [-0.15, -0.1) is 0 Å².